The Morgan fingerprint density at radius 1 is 0.951 bits per heavy atom. The Bertz CT molecular complexity index is 1460. The molecule has 9 heteroatoms. The Morgan fingerprint density at radius 3 is 2.20 bits per heavy atom. The van der Waals surface area contributed by atoms with Crippen molar-refractivity contribution in [2.45, 2.75) is 64.9 Å². The number of amides is 2. The van der Waals surface area contributed by atoms with Gasteiger partial charge in [0.25, 0.3) is 11.5 Å². The number of piperidine rings is 2. The van der Waals surface area contributed by atoms with Crippen LogP contribution in [0, 0.1) is 17.7 Å². The quantitative estimate of drug-likeness (QED) is 0.440. The minimum atomic E-state index is -0.531. The summed E-state index contributed by atoms with van der Waals surface area (Å²) in [5.74, 6) is 0.269. The number of fused-ring (bicyclic) bond motifs is 1. The van der Waals surface area contributed by atoms with E-state index in [0.717, 1.165) is 56.1 Å². The number of benzene rings is 2. The van der Waals surface area contributed by atoms with Gasteiger partial charge in [-0.1, -0.05) is 24.3 Å². The first kappa shape index (κ1) is 28.8. The van der Waals surface area contributed by atoms with E-state index in [9.17, 15) is 18.8 Å². The maximum Gasteiger partial charge on any atom is 0.410 e. The summed E-state index contributed by atoms with van der Waals surface area (Å²) in [6.45, 7) is 8.30. The van der Waals surface area contributed by atoms with Gasteiger partial charge in [-0.15, -0.1) is 0 Å². The van der Waals surface area contributed by atoms with Gasteiger partial charge in [-0.05, 0) is 88.5 Å². The minimum absolute atomic E-state index is 0.0733. The number of likely N-dealkylation sites (tertiary alicyclic amines) is 2. The van der Waals surface area contributed by atoms with E-state index in [-0.39, 0.29) is 23.1 Å². The first-order chi connectivity index (χ1) is 19.6. The van der Waals surface area contributed by atoms with Crippen LogP contribution in [0.5, 0.6) is 0 Å². The van der Waals surface area contributed by atoms with Gasteiger partial charge in [-0.25, -0.2) is 14.3 Å². The maximum absolute atomic E-state index is 14.8. The highest BCUT2D eigenvalue weighted by atomic mass is 19.1. The molecule has 2 aliphatic rings. The smallest absolute Gasteiger partial charge is 0.410 e. The molecule has 0 radical (unpaired) electrons. The van der Waals surface area contributed by atoms with E-state index in [1.165, 1.54) is 6.07 Å². The summed E-state index contributed by atoms with van der Waals surface area (Å²) < 4.78 is 20.3. The average Bonchev–Trinajstić information content (AvgIpc) is 2.95. The number of hydrogen-bond donors (Lipinski definition) is 1. The average molecular weight is 563 g/mol. The number of nitrogens with zero attached hydrogens (tertiary/aromatic N) is 3. The molecule has 2 amide bonds. The monoisotopic (exact) mass is 562 g/mol. The van der Waals surface area contributed by atoms with Gasteiger partial charge < -0.3 is 14.5 Å². The van der Waals surface area contributed by atoms with E-state index in [4.69, 9.17) is 4.74 Å². The zero-order valence-electron chi connectivity index (χ0n) is 24.1. The molecule has 8 nitrogen and oxygen atoms in total. The number of H-pyrrole nitrogens is 1. The van der Waals surface area contributed by atoms with Crippen molar-refractivity contribution in [1.29, 1.82) is 0 Å². The number of hydrogen-bond acceptors (Lipinski definition) is 5. The van der Waals surface area contributed by atoms with E-state index in [0.29, 0.717) is 42.4 Å². The van der Waals surface area contributed by atoms with Crippen LogP contribution in [-0.2, 0) is 11.2 Å². The molecule has 3 heterocycles. The fourth-order valence-corrected chi connectivity index (χ4v) is 6.04. The molecule has 1 aromatic heterocycles. The van der Waals surface area contributed by atoms with Gasteiger partial charge in [0, 0.05) is 38.0 Å². The van der Waals surface area contributed by atoms with Crippen LogP contribution in [0.3, 0.4) is 0 Å². The summed E-state index contributed by atoms with van der Waals surface area (Å²) in [4.78, 5) is 41.4. The van der Waals surface area contributed by atoms with Crippen LogP contribution in [0.2, 0.25) is 0 Å². The highest BCUT2D eigenvalue weighted by Gasteiger charge is 2.30. The first-order valence-electron chi connectivity index (χ1n) is 14.6. The van der Waals surface area contributed by atoms with Gasteiger partial charge in [0.2, 0.25) is 0 Å². The van der Waals surface area contributed by atoms with Crippen LogP contribution < -0.4 is 5.56 Å². The summed E-state index contributed by atoms with van der Waals surface area (Å²) in [6.07, 6.45) is 4.95. The lowest BCUT2D eigenvalue weighted by Gasteiger charge is -2.37. The summed E-state index contributed by atoms with van der Waals surface area (Å²) in [5, 5.41) is 8.04. The zero-order valence-corrected chi connectivity index (χ0v) is 24.1. The van der Waals surface area contributed by atoms with E-state index in [1.807, 2.05) is 32.9 Å². The summed E-state index contributed by atoms with van der Waals surface area (Å²) in [7, 11) is 0. The van der Waals surface area contributed by atoms with Crippen molar-refractivity contribution >= 4 is 22.8 Å². The molecular formula is C32H39FN4O4. The largest absolute Gasteiger partial charge is 0.444 e. The molecule has 2 aliphatic heterocycles. The van der Waals surface area contributed by atoms with Gasteiger partial charge in [-0.3, -0.25) is 9.59 Å². The molecular weight excluding hydrogens is 523 g/mol. The molecule has 0 spiro atoms. The van der Waals surface area contributed by atoms with Crippen molar-refractivity contribution in [3.05, 3.63) is 75.5 Å². The molecule has 0 aliphatic carbocycles. The Balaban J connectivity index is 1.15. The topological polar surface area (TPSA) is 95.6 Å². The van der Waals surface area contributed by atoms with Crippen molar-refractivity contribution in [2.75, 3.05) is 26.2 Å². The van der Waals surface area contributed by atoms with Gasteiger partial charge in [0.15, 0.2) is 0 Å². The fraction of sp³-hybridized carbons (Fsp3) is 0.500. The van der Waals surface area contributed by atoms with Gasteiger partial charge in [-0.2, -0.15) is 5.10 Å². The van der Waals surface area contributed by atoms with Gasteiger partial charge in [0.1, 0.15) is 11.4 Å². The van der Waals surface area contributed by atoms with Crippen LogP contribution in [0.1, 0.15) is 74.5 Å². The number of aromatic nitrogens is 2. The van der Waals surface area contributed by atoms with Crippen molar-refractivity contribution in [3.63, 3.8) is 0 Å². The van der Waals surface area contributed by atoms with Gasteiger partial charge in [0.05, 0.1) is 16.6 Å². The standard InChI is InChI=1S/C32H39FN4O4/c1-32(2,3)41-31(40)37-16-12-22(13-17-37)18-21-10-14-36(15-11-21)30(39)26-19-23(8-9-27(26)33)20-28-24-6-4-5-7-25(24)29(38)35-34-28/h4-9,19,21-22H,10-18,20H2,1-3H3,(H,35,38). The zero-order chi connectivity index (χ0) is 29.1. The molecule has 0 bridgehead atoms. The number of aromatic amines is 1. The fourth-order valence-electron chi connectivity index (χ4n) is 6.04. The molecule has 0 atom stereocenters. The molecule has 0 unspecified atom stereocenters. The molecule has 5 rings (SSSR count). The summed E-state index contributed by atoms with van der Waals surface area (Å²) in [6, 6.07) is 11.9. The molecule has 3 aromatic rings. The van der Waals surface area contributed by atoms with Crippen molar-refractivity contribution < 1.29 is 18.7 Å². The third kappa shape index (κ3) is 6.94. The normalized spacial score (nSPS) is 17.2. The van der Waals surface area contributed by atoms with E-state index in [1.54, 1.807) is 34.1 Å². The number of carbonyl (C=O) groups is 2. The third-order valence-electron chi connectivity index (χ3n) is 8.24. The Morgan fingerprint density at radius 2 is 1.56 bits per heavy atom. The molecule has 2 saturated heterocycles. The SMILES string of the molecule is CC(C)(C)OC(=O)N1CCC(CC2CCN(C(=O)c3cc(Cc4n[nH]c(=O)c5ccccc45)ccc3F)CC2)CC1. The Hall–Kier alpha value is -3.75. The predicted molar refractivity (Wildman–Crippen MR) is 155 cm³/mol. The molecule has 218 valence electrons. The van der Waals surface area contributed by atoms with Crippen molar-refractivity contribution in [3.8, 4) is 0 Å². The number of nitrogens with one attached hydrogen (secondary N) is 1. The van der Waals surface area contributed by atoms with Gasteiger partial charge >= 0.3 is 6.09 Å². The molecule has 1 N–H and O–H groups in total. The molecule has 2 fully saturated rings. The second kappa shape index (κ2) is 12.0. The number of halogens is 1. The van der Waals surface area contributed by atoms with Crippen LogP contribution in [0.4, 0.5) is 9.18 Å². The maximum atomic E-state index is 14.8. The molecule has 2 aromatic carbocycles. The summed E-state index contributed by atoms with van der Waals surface area (Å²) in [5.41, 5.74) is 0.757. The lowest BCUT2D eigenvalue weighted by Crippen LogP contribution is -2.42. The third-order valence-corrected chi connectivity index (χ3v) is 8.24. The van der Waals surface area contributed by atoms with E-state index < -0.39 is 11.4 Å². The van der Waals surface area contributed by atoms with Crippen molar-refractivity contribution in [2.24, 2.45) is 11.8 Å². The van der Waals surface area contributed by atoms with Crippen LogP contribution in [0.15, 0.2) is 47.3 Å². The number of rotatable bonds is 5. The van der Waals surface area contributed by atoms with Crippen LogP contribution in [0.25, 0.3) is 10.8 Å². The van der Waals surface area contributed by atoms with Crippen LogP contribution in [-0.4, -0.2) is 63.8 Å². The Kier molecular flexibility index (Phi) is 8.42. The molecule has 41 heavy (non-hydrogen) atoms. The predicted octanol–water partition coefficient (Wildman–Crippen LogP) is 5.54. The number of ether oxygens (including phenoxy) is 1. The van der Waals surface area contributed by atoms with Crippen LogP contribution >= 0.6 is 0 Å². The minimum Gasteiger partial charge on any atom is -0.444 e. The Labute approximate surface area is 239 Å². The second-order valence-electron chi connectivity index (χ2n) is 12.4. The number of carbonyl (C=O) groups excluding carboxylic acids is 2. The lowest BCUT2D eigenvalue weighted by atomic mass is 9.82. The highest BCUT2D eigenvalue weighted by molar-refractivity contribution is 5.95. The lowest BCUT2D eigenvalue weighted by molar-refractivity contribution is 0.0171. The second-order valence-corrected chi connectivity index (χ2v) is 12.4. The molecule has 0 saturated carbocycles. The summed E-state index contributed by atoms with van der Waals surface area (Å²) >= 11 is 0. The first-order valence-corrected chi connectivity index (χ1v) is 14.6. The van der Waals surface area contributed by atoms with E-state index >= 15 is 0 Å². The van der Waals surface area contributed by atoms with E-state index in [2.05, 4.69) is 10.2 Å². The highest BCUT2D eigenvalue weighted by Crippen LogP contribution is 2.31. The van der Waals surface area contributed by atoms with Crippen molar-refractivity contribution in [1.82, 2.24) is 20.0 Å².